The van der Waals surface area contributed by atoms with E-state index in [-0.39, 0.29) is 11.1 Å². The van der Waals surface area contributed by atoms with Crippen LogP contribution in [0.3, 0.4) is 0 Å². The number of amides is 2. The Morgan fingerprint density at radius 3 is 2.52 bits per heavy atom. The standard InChI is InChI=1S/C22H20N2O2S/c1-2-12-23-15-17(18-10-6-7-11-19(18)23)13-20-21(25)24(22(26)27-20)14-16-8-4-3-5-9-16/h3-11,13,15H,2,12,14H2,1H3/b20-13-. The van der Waals surface area contributed by atoms with Crippen molar-refractivity contribution in [3.05, 3.63) is 76.8 Å². The third-order valence-corrected chi connectivity index (χ3v) is 5.54. The maximum Gasteiger partial charge on any atom is 0.293 e. The van der Waals surface area contributed by atoms with Crippen molar-refractivity contribution in [2.24, 2.45) is 0 Å². The van der Waals surface area contributed by atoms with Crippen molar-refractivity contribution in [1.82, 2.24) is 9.47 Å². The maximum atomic E-state index is 12.8. The molecule has 1 aliphatic rings. The first-order valence-electron chi connectivity index (χ1n) is 9.04. The van der Waals surface area contributed by atoms with Gasteiger partial charge in [-0.25, -0.2) is 0 Å². The maximum absolute atomic E-state index is 12.8. The summed E-state index contributed by atoms with van der Waals surface area (Å²) >= 11 is 1.02. The van der Waals surface area contributed by atoms with E-state index in [9.17, 15) is 9.59 Å². The van der Waals surface area contributed by atoms with Crippen LogP contribution < -0.4 is 0 Å². The van der Waals surface area contributed by atoms with Gasteiger partial charge >= 0.3 is 0 Å². The first-order valence-corrected chi connectivity index (χ1v) is 9.86. The molecular formula is C22H20N2O2S. The van der Waals surface area contributed by atoms with E-state index in [2.05, 4.69) is 29.8 Å². The highest BCUT2D eigenvalue weighted by atomic mass is 32.2. The molecule has 0 radical (unpaired) electrons. The molecule has 0 unspecified atom stereocenters. The normalized spacial score (nSPS) is 16.0. The first-order chi connectivity index (χ1) is 13.2. The molecule has 27 heavy (non-hydrogen) atoms. The summed E-state index contributed by atoms with van der Waals surface area (Å²) in [5.74, 6) is -0.221. The van der Waals surface area contributed by atoms with Gasteiger partial charge in [-0.15, -0.1) is 0 Å². The topological polar surface area (TPSA) is 42.3 Å². The van der Waals surface area contributed by atoms with E-state index in [0.717, 1.165) is 46.8 Å². The molecule has 0 saturated carbocycles. The molecule has 1 aliphatic heterocycles. The minimum Gasteiger partial charge on any atom is -0.347 e. The van der Waals surface area contributed by atoms with Crippen LogP contribution in [-0.4, -0.2) is 20.6 Å². The average Bonchev–Trinajstić information content (AvgIpc) is 3.16. The molecule has 0 spiro atoms. The van der Waals surface area contributed by atoms with Gasteiger partial charge in [-0.1, -0.05) is 55.5 Å². The number of carbonyl (C=O) groups excluding carboxylic acids is 2. The van der Waals surface area contributed by atoms with Gasteiger partial charge in [0.05, 0.1) is 11.4 Å². The van der Waals surface area contributed by atoms with Crippen LogP contribution in [0.5, 0.6) is 0 Å². The Hall–Kier alpha value is -2.79. The molecular weight excluding hydrogens is 356 g/mol. The Bertz CT molecular complexity index is 1040. The average molecular weight is 376 g/mol. The number of nitrogens with zero attached hydrogens (tertiary/aromatic N) is 2. The molecule has 1 fully saturated rings. The molecule has 136 valence electrons. The Kier molecular flexibility index (Phi) is 4.86. The molecule has 3 aromatic rings. The van der Waals surface area contributed by atoms with Crippen molar-refractivity contribution in [2.75, 3.05) is 0 Å². The first kappa shape index (κ1) is 17.6. The zero-order valence-corrected chi connectivity index (χ0v) is 15.9. The predicted octanol–water partition coefficient (Wildman–Crippen LogP) is 5.29. The fourth-order valence-electron chi connectivity index (χ4n) is 3.36. The Morgan fingerprint density at radius 2 is 1.74 bits per heavy atom. The van der Waals surface area contributed by atoms with E-state index in [1.807, 2.05) is 48.5 Å². The van der Waals surface area contributed by atoms with Gasteiger partial charge in [-0.2, -0.15) is 0 Å². The highest BCUT2D eigenvalue weighted by Gasteiger charge is 2.35. The minimum atomic E-state index is -0.221. The zero-order valence-electron chi connectivity index (χ0n) is 15.1. The lowest BCUT2D eigenvalue weighted by molar-refractivity contribution is -0.123. The van der Waals surface area contributed by atoms with Gasteiger partial charge in [0, 0.05) is 29.2 Å². The van der Waals surface area contributed by atoms with E-state index in [1.165, 1.54) is 4.90 Å². The molecule has 4 rings (SSSR count). The number of para-hydroxylation sites is 1. The Balaban J connectivity index is 1.66. The van der Waals surface area contributed by atoms with Crippen molar-refractivity contribution in [2.45, 2.75) is 26.4 Å². The number of rotatable bonds is 5. The van der Waals surface area contributed by atoms with Gasteiger partial charge in [0.15, 0.2) is 0 Å². The molecule has 4 nitrogen and oxygen atoms in total. The van der Waals surface area contributed by atoms with Gasteiger partial charge in [-0.3, -0.25) is 14.5 Å². The molecule has 1 aromatic heterocycles. The monoisotopic (exact) mass is 376 g/mol. The van der Waals surface area contributed by atoms with E-state index < -0.39 is 0 Å². The second-order valence-electron chi connectivity index (χ2n) is 6.55. The zero-order chi connectivity index (χ0) is 18.8. The summed E-state index contributed by atoms with van der Waals surface area (Å²) in [6.07, 6.45) is 4.95. The molecule has 2 heterocycles. The summed E-state index contributed by atoms with van der Waals surface area (Å²) in [5, 5.41) is 0.883. The van der Waals surface area contributed by atoms with Crippen molar-refractivity contribution >= 4 is 39.9 Å². The lowest BCUT2D eigenvalue weighted by Gasteiger charge is -2.12. The number of fused-ring (bicyclic) bond motifs is 1. The second kappa shape index (κ2) is 7.45. The second-order valence-corrected chi connectivity index (χ2v) is 7.54. The summed E-state index contributed by atoms with van der Waals surface area (Å²) in [6, 6.07) is 17.7. The molecule has 5 heteroatoms. The fraction of sp³-hybridized carbons (Fsp3) is 0.182. The van der Waals surface area contributed by atoms with Crippen LogP contribution in [-0.2, 0) is 17.9 Å². The molecule has 2 amide bonds. The lowest BCUT2D eigenvalue weighted by atomic mass is 10.1. The summed E-state index contributed by atoms with van der Waals surface area (Å²) in [6.45, 7) is 3.37. The van der Waals surface area contributed by atoms with Crippen molar-refractivity contribution in [3.8, 4) is 0 Å². The molecule has 1 saturated heterocycles. The summed E-state index contributed by atoms with van der Waals surface area (Å²) in [7, 11) is 0. The number of hydrogen-bond acceptors (Lipinski definition) is 3. The van der Waals surface area contributed by atoms with E-state index >= 15 is 0 Å². The van der Waals surface area contributed by atoms with Crippen LogP contribution in [0, 0.1) is 0 Å². The highest BCUT2D eigenvalue weighted by Crippen LogP contribution is 2.35. The molecule has 2 aromatic carbocycles. The van der Waals surface area contributed by atoms with Gasteiger partial charge in [0.1, 0.15) is 0 Å². The van der Waals surface area contributed by atoms with E-state index in [1.54, 1.807) is 0 Å². The van der Waals surface area contributed by atoms with Crippen molar-refractivity contribution in [1.29, 1.82) is 0 Å². The summed E-state index contributed by atoms with van der Waals surface area (Å²) in [5.41, 5.74) is 3.07. The van der Waals surface area contributed by atoms with Crippen LogP contribution in [0.15, 0.2) is 65.7 Å². The number of carbonyl (C=O) groups is 2. The fourth-order valence-corrected chi connectivity index (χ4v) is 4.19. The Morgan fingerprint density at radius 1 is 1.00 bits per heavy atom. The van der Waals surface area contributed by atoms with Crippen LogP contribution >= 0.6 is 11.8 Å². The third kappa shape index (κ3) is 3.43. The number of hydrogen-bond donors (Lipinski definition) is 0. The number of aryl methyl sites for hydroxylation is 1. The Labute approximate surface area is 162 Å². The van der Waals surface area contributed by atoms with E-state index in [4.69, 9.17) is 0 Å². The molecule has 0 atom stereocenters. The smallest absolute Gasteiger partial charge is 0.293 e. The van der Waals surface area contributed by atoms with Crippen molar-refractivity contribution in [3.63, 3.8) is 0 Å². The van der Waals surface area contributed by atoms with Crippen LogP contribution in [0.1, 0.15) is 24.5 Å². The minimum absolute atomic E-state index is 0.215. The number of benzene rings is 2. The van der Waals surface area contributed by atoms with Crippen LogP contribution in [0.2, 0.25) is 0 Å². The van der Waals surface area contributed by atoms with Gasteiger partial charge in [-0.05, 0) is 35.9 Å². The lowest BCUT2D eigenvalue weighted by Crippen LogP contribution is -2.27. The number of imide groups is 1. The highest BCUT2D eigenvalue weighted by molar-refractivity contribution is 8.18. The predicted molar refractivity (Wildman–Crippen MR) is 110 cm³/mol. The number of thioether (sulfide) groups is 1. The van der Waals surface area contributed by atoms with Crippen molar-refractivity contribution < 1.29 is 9.59 Å². The summed E-state index contributed by atoms with van der Waals surface area (Å²) < 4.78 is 2.20. The van der Waals surface area contributed by atoms with Crippen LogP contribution in [0.25, 0.3) is 17.0 Å². The largest absolute Gasteiger partial charge is 0.347 e. The van der Waals surface area contributed by atoms with Crippen LogP contribution in [0.4, 0.5) is 4.79 Å². The van der Waals surface area contributed by atoms with Gasteiger partial charge in [0.2, 0.25) is 0 Å². The molecule has 0 aliphatic carbocycles. The van der Waals surface area contributed by atoms with E-state index in [0.29, 0.717) is 11.4 Å². The number of aromatic nitrogens is 1. The van der Waals surface area contributed by atoms with Gasteiger partial charge in [0.25, 0.3) is 11.1 Å². The SMILES string of the molecule is CCCn1cc(/C=C2\SC(=O)N(Cc3ccccc3)C2=O)c2ccccc21. The van der Waals surface area contributed by atoms with Gasteiger partial charge < -0.3 is 4.57 Å². The quantitative estimate of drug-likeness (QED) is 0.568. The molecule has 0 bridgehead atoms. The molecule has 0 N–H and O–H groups in total. The third-order valence-electron chi connectivity index (χ3n) is 4.63. The summed E-state index contributed by atoms with van der Waals surface area (Å²) in [4.78, 5) is 27.0.